The summed E-state index contributed by atoms with van der Waals surface area (Å²) < 4.78 is 0. The summed E-state index contributed by atoms with van der Waals surface area (Å²) in [4.78, 5) is 17.9. The number of anilines is 2. The van der Waals surface area contributed by atoms with Crippen molar-refractivity contribution in [2.75, 3.05) is 23.7 Å². The Balaban J connectivity index is 1.89. The number of nitrogen functional groups attached to an aromatic ring is 1. The van der Waals surface area contributed by atoms with Crippen molar-refractivity contribution in [3.05, 3.63) is 17.8 Å². The zero-order valence-electron chi connectivity index (χ0n) is 11.1. The Morgan fingerprint density at radius 2 is 2.05 bits per heavy atom. The van der Waals surface area contributed by atoms with Gasteiger partial charge >= 0.3 is 0 Å². The monoisotopic (exact) mass is 260 g/mol. The number of carbonyl (C=O) groups is 1. The Morgan fingerprint density at radius 3 is 2.74 bits per heavy atom. The minimum Gasteiger partial charge on any atom is -0.384 e. The predicted molar refractivity (Wildman–Crippen MR) is 74.9 cm³/mol. The summed E-state index contributed by atoms with van der Waals surface area (Å²) in [5, 5.41) is 0. The fraction of sp³-hybridized carbons (Fsp3) is 0.571. The lowest BCUT2D eigenvalue weighted by Gasteiger charge is -2.25. The second-order valence-corrected chi connectivity index (χ2v) is 5.87. The highest BCUT2D eigenvalue weighted by atomic mass is 16.1. The minimum atomic E-state index is -0.434. The molecule has 1 amide bonds. The third-order valence-electron chi connectivity index (χ3n) is 4.61. The molecule has 1 saturated carbocycles. The Kier molecular flexibility index (Phi) is 2.84. The van der Waals surface area contributed by atoms with Crippen molar-refractivity contribution >= 4 is 17.4 Å². The minimum absolute atomic E-state index is 0.340. The molecule has 1 aromatic rings. The maximum absolute atomic E-state index is 11.6. The third kappa shape index (κ3) is 2.13. The second-order valence-electron chi connectivity index (χ2n) is 5.87. The summed E-state index contributed by atoms with van der Waals surface area (Å²) in [5.41, 5.74) is 12.9. The second kappa shape index (κ2) is 4.40. The molecule has 1 aliphatic heterocycles. The van der Waals surface area contributed by atoms with E-state index in [4.69, 9.17) is 11.5 Å². The molecular formula is C14H20N4O. The molecule has 0 radical (unpaired) electrons. The maximum atomic E-state index is 11.6. The lowest BCUT2D eigenvalue weighted by molar-refractivity contribution is 0.100. The SMILES string of the molecule is NC(=O)c1cc(N)ncc1N1CCC2(CCCC2)C1. The first-order chi connectivity index (χ1) is 9.10. The number of carbonyl (C=O) groups excluding carboxylic acids is 1. The van der Waals surface area contributed by atoms with Crippen molar-refractivity contribution in [2.45, 2.75) is 32.1 Å². The van der Waals surface area contributed by atoms with Crippen LogP contribution in [0.2, 0.25) is 0 Å². The average molecular weight is 260 g/mol. The first-order valence-electron chi connectivity index (χ1n) is 6.90. The molecule has 2 aliphatic rings. The summed E-state index contributed by atoms with van der Waals surface area (Å²) in [6.07, 6.45) is 8.15. The van der Waals surface area contributed by atoms with Gasteiger partial charge in [0.25, 0.3) is 5.91 Å². The standard InChI is InChI=1S/C14H20N4O/c15-12-7-10(13(16)19)11(8-17-12)18-6-5-14(9-18)3-1-2-4-14/h7-8H,1-6,9H2,(H2,15,17)(H2,16,19). The number of pyridine rings is 1. The Hall–Kier alpha value is -1.78. The van der Waals surface area contributed by atoms with Crippen LogP contribution in [0.3, 0.4) is 0 Å². The van der Waals surface area contributed by atoms with E-state index in [1.807, 2.05) is 0 Å². The van der Waals surface area contributed by atoms with E-state index in [1.165, 1.54) is 32.1 Å². The normalized spacial score (nSPS) is 21.2. The highest BCUT2D eigenvalue weighted by Crippen LogP contribution is 2.46. The highest BCUT2D eigenvalue weighted by Gasteiger charge is 2.40. The van der Waals surface area contributed by atoms with Crippen molar-refractivity contribution in [1.29, 1.82) is 0 Å². The fourth-order valence-corrected chi connectivity index (χ4v) is 3.59. The van der Waals surface area contributed by atoms with Crippen molar-refractivity contribution in [3.63, 3.8) is 0 Å². The maximum Gasteiger partial charge on any atom is 0.251 e. The van der Waals surface area contributed by atoms with Gasteiger partial charge in [0.15, 0.2) is 0 Å². The summed E-state index contributed by atoms with van der Waals surface area (Å²) >= 11 is 0. The van der Waals surface area contributed by atoms with Crippen LogP contribution in [0.1, 0.15) is 42.5 Å². The lowest BCUT2D eigenvalue weighted by Crippen LogP contribution is -2.27. The van der Waals surface area contributed by atoms with Gasteiger partial charge in [0, 0.05) is 13.1 Å². The van der Waals surface area contributed by atoms with E-state index in [-0.39, 0.29) is 0 Å². The van der Waals surface area contributed by atoms with E-state index in [2.05, 4.69) is 9.88 Å². The molecule has 102 valence electrons. The molecule has 5 nitrogen and oxygen atoms in total. The Labute approximate surface area is 113 Å². The molecule has 19 heavy (non-hydrogen) atoms. The Morgan fingerprint density at radius 1 is 1.32 bits per heavy atom. The first-order valence-corrected chi connectivity index (χ1v) is 6.90. The number of aromatic nitrogens is 1. The molecule has 0 aromatic carbocycles. The predicted octanol–water partition coefficient (Wildman–Crippen LogP) is 1.53. The molecule has 3 rings (SSSR count). The number of hydrogen-bond donors (Lipinski definition) is 2. The topological polar surface area (TPSA) is 85.2 Å². The molecule has 1 aliphatic carbocycles. The first kappa shape index (κ1) is 12.3. The van der Waals surface area contributed by atoms with E-state index in [0.717, 1.165) is 18.8 Å². The molecule has 0 atom stereocenters. The van der Waals surface area contributed by atoms with Gasteiger partial charge in [-0.3, -0.25) is 4.79 Å². The van der Waals surface area contributed by atoms with E-state index in [0.29, 0.717) is 16.8 Å². The van der Waals surface area contributed by atoms with Crippen LogP contribution in [0.15, 0.2) is 12.3 Å². The van der Waals surface area contributed by atoms with Crippen LogP contribution < -0.4 is 16.4 Å². The van der Waals surface area contributed by atoms with Crippen molar-refractivity contribution in [2.24, 2.45) is 11.1 Å². The van der Waals surface area contributed by atoms with Crippen LogP contribution in [0.5, 0.6) is 0 Å². The molecular weight excluding hydrogens is 240 g/mol. The van der Waals surface area contributed by atoms with Crippen LogP contribution in [-0.4, -0.2) is 24.0 Å². The van der Waals surface area contributed by atoms with Gasteiger partial charge in [-0.1, -0.05) is 12.8 Å². The average Bonchev–Trinajstić information content (AvgIpc) is 3.00. The highest BCUT2D eigenvalue weighted by molar-refractivity contribution is 5.99. The molecule has 2 heterocycles. The molecule has 5 heteroatoms. The number of amides is 1. The van der Waals surface area contributed by atoms with Gasteiger partial charge < -0.3 is 16.4 Å². The third-order valence-corrected chi connectivity index (χ3v) is 4.61. The van der Waals surface area contributed by atoms with Gasteiger partial charge in [0.05, 0.1) is 17.4 Å². The number of nitrogens with zero attached hydrogens (tertiary/aromatic N) is 2. The molecule has 0 bridgehead atoms. The number of rotatable bonds is 2. The van der Waals surface area contributed by atoms with E-state index < -0.39 is 5.91 Å². The van der Waals surface area contributed by atoms with Crippen LogP contribution in [0.4, 0.5) is 11.5 Å². The lowest BCUT2D eigenvalue weighted by atomic mass is 9.86. The fourth-order valence-electron chi connectivity index (χ4n) is 3.59. The summed E-state index contributed by atoms with van der Waals surface area (Å²) in [7, 11) is 0. The van der Waals surface area contributed by atoms with Gasteiger partial charge in [-0.15, -0.1) is 0 Å². The smallest absolute Gasteiger partial charge is 0.251 e. The zero-order valence-corrected chi connectivity index (χ0v) is 11.1. The van der Waals surface area contributed by atoms with Gasteiger partial charge in [-0.2, -0.15) is 0 Å². The Bertz CT molecular complexity index is 508. The molecule has 2 fully saturated rings. The van der Waals surface area contributed by atoms with Crippen LogP contribution in [-0.2, 0) is 0 Å². The van der Waals surface area contributed by atoms with Crippen molar-refractivity contribution in [1.82, 2.24) is 4.98 Å². The number of hydrogen-bond acceptors (Lipinski definition) is 4. The van der Waals surface area contributed by atoms with E-state index in [9.17, 15) is 4.79 Å². The summed E-state index contributed by atoms with van der Waals surface area (Å²) in [6.45, 7) is 1.99. The molecule has 0 unspecified atom stereocenters. The van der Waals surface area contributed by atoms with Crippen LogP contribution >= 0.6 is 0 Å². The summed E-state index contributed by atoms with van der Waals surface area (Å²) in [6, 6.07) is 1.58. The van der Waals surface area contributed by atoms with E-state index in [1.54, 1.807) is 12.3 Å². The largest absolute Gasteiger partial charge is 0.384 e. The van der Waals surface area contributed by atoms with Gasteiger partial charge in [0.2, 0.25) is 0 Å². The quantitative estimate of drug-likeness (QED) is 0.844. The van der Waals surface area contributed by atoms with Crippen LogP contribution in [0, 0.1) is 5.41 Å². The van der Waals surface area contributed by atoms with Gasteiger partial charge in [-0.25, -0.2) is 4.98 Å². The van der Waals surface area contributed by atoms with Crippen molar-refractivity contribution in [3.8, 4) is 0 Å². The van der Waals surface area contributed by atoms with Crippen molar-refractivity contribution < 1.29 is 4.79 Å². The molecule has 1 aromatic heterocycles. The summed E-state index contributed by atoms with van der Waals surface area (Å²) in [5.74, 6) is -0.0937. The van der Waals surface area contributed by atoms with Crippen LogP contribution in [0.25, 0.3) is 0 Å². The molecule has 1 spiro atoms. The zero-order chi connectivity index (χ0) is 13.5. The molecule has 4 N–H and O–H groups in total. The number of primary amides is 1. The van der Waals surface area contributed by atoms with Gasteiger partial charge in [0.1, 0.15) is 5.82 Å². The molecule has 1 saturated heterocycles. The van der Waals surface area contributed by atoms with E-state index >= 15 is 0 Å². The number of nitrogens with two attached hydrogens (primary N) is 2. The van der Waals surface area contributed by atoms with Gasteiger partial charge in [-0.05, 0) is 30.7 Å².